The SMILES string of the molecule is CC(C)(C)C(=O)N[C@@H](c1ccccn1)[C@@H]1CCCN(Cc2cccc(OC3CCCC3)c2)C1. The molecule has 5 heteroatoms. The van der Waals surface area contributed by atoms with Crippen molar-refractivity contribution in [2.45, 2.75) is 78.0 Å². The van der Waals surface area contributed by atoms with Gasteiger partial charge in [0, 0.05) is 24.7 Å². The molecule has 178 valence electrons. The van der Waals surface area contributed by atoms with Crippen LogP contribution in [0.4, 0.5) is 0 Å². The van der Waals surface area contributed by atoms with Gasteiger partial charge in [-0.1, -0.05) is 39.0 Å². The molecule has 1 aliphatic carbocycles. The molecule has 1 saturated heterocycles. The van der Waals surface area contributed by atoms with E-state index in [1.807, 2.05) is 45.2 Å². The molecule has 1 N–H and O–H groups in total. The Morgan fingerprint density at radius 1 is 1.12 bits per heavy atom. The number of hydrogen-bond acceptors (Lipinski definition) is 4. The molecular formula is C28H39N3O2. The summed E-state index contributed by atoms with van der Waals surface area (Å²) in [5.74, 6) is 1.40. The van der Waals surface area contributed by atoms with Crippen LogP contribution in [0.3, 0.4) is 0 Å². The molecule has 2 atom stereocenters. The van der Waals surface area contributed by atoms with Crippen LogP contribution in [0.15, 0.2) is 48.7 Å². The molecule has 2 heterocycles. The van der Waals surface area contributed by atoms with Crippen molar-refractivity contribution in [1.82, 2.24) is 15.2 Å². The summed E-state index contributed by atoms with van der Waals surface area (Å²) in [5.41, 5.74) is 1.81. The van der Waals surface area contributed by atoms with E-state index in [1.54, 1.807) is 0 Å². The summed E-state index contributed by atoms with van der Waals surface area (Å²) in [4.78, 5) is 20.0. The van der Waals surface area contributed by atoms with Crippen LogP contribution in [0.2, 0.25) is 0 Å². The van der Waals surface area contributed by atoms with Crippen LogP contribution in [0.25, 0.3) is 0 Å². The Bertz CT molecular complexity index is 903. The van der Waals surface area contributed by atoms with Crippen LogP contribution in [0.1, 0.15) is 76.6 Å². The van der Waals surface area contributed by atoms with Crippen molar-refractivity contribution in [2.75, 3.05) is 13.1 Å². The third kappa shape index (κ3) is 6.57. The number of aromatic nitrogens is 1. The number of benzene rings is 1. The summed E-state index contributed by atoms with van der Waals surface area (Å²) in [5, 5.41) is 3.33. The standard InChI is InChI=1S/C28H39N3O2/c1-28(2,3)27(32)30-26(25-15-6-7-16-29-25)22-11-9-17-31(20-22)19-21-10-8-14-24(18-21)33-23-12-4-5-13-23/h6-8,10,14-16,18,22-23,26H,4-5,9,11-13,17,19-20H2,1-3H3,(H,30,32)/t22-,26-/m1/s1. The zero-order valence-corrected chi connectivity index (χ0v) is 20.4. The van der Waals surface area contributed by atoms with Crippen molar-refractivity contribution < 1.29 is 9.53 Å². The number of hydrogen-bond donors (Lipinski definition) is 1. The quantitative estimate of drug-likeness (QED) is 0.605. The molecule has 2 fully saturated rings. The zero-order valence-electron chi connectivity index (χ0n) is 20.4. The molecule has 0 unspecified atom stereocenters. The number of piperidine rings is 1. The van der Waals surface area contributed by atoms with Gasteiger partial charge in [-0.05, 0) is 80.8 Å². The van der Waals surface area contributed by atoms with E-state index in [-0.39, 0.29) is 11.9 Å². The van der Waals surface area contributed by atoms with Gasteiger partial charge in [-0.2, -0.15) is 0 Å². The molecule has 1 amide bonds. The average molecular weight is 450 g/mol. The van der Waals surface area contributed by atoms with Gasteiger partial charge in [-0.25, -0.2) is 0 Å². The summed E-state index contributed by atoms with van der Waals surface area (Å²) in [6.07, 6.45) is 9.32. The van der Waals surface area contributed by atoms with Gasteiger partial charge in [-0.3, -0.25) is 14.7 Å². The Hall–Kier alpha value is -2.40. The fourth-order valence-corrected chi connectivity index (χ4v) is 5.03. The Morgan fingerprint density at radius 2 is 1.94 bits per heavy atom. The summed E-state index contributed by atoms with van der Waals surface area (Å²) < 4.78 is 6.22. The maximum atomic E-state index is 12.9. The van der Waals surface area contributed by atoms with Crippen LogP contribution in [0.5, 0.6) is 5.75 Å². The lowest BCUT2D eigenvalue weighted by Gasteiger charge is -2.38. The number of pyridine rings is 1. The highest BCUT2D eigenvalue weighted by Crippen LogP contribution is 2.31. The molecule has 0 bridgehead atoms. The lowest BCUT2D eigenvalue weighted by atomic mass is 9.86. The van der Waals surface area contributed by atoms with Crippen molar-refractivity contribution in [1.29, 1.82) is 0 Å². The first-order chi connectivity index (χ1) is 15.9. The number of amides is 1. The van der Waals surface area contributed by atoms with Gasteiger partial charge >= 0.3 is 0 Å². The highest BCUT2D eigenvalue weighted by Gasteiger charge is 2.33. The van der Waals surface area contributed by atoms with Crippen molar-refractivity contribution in [2.24, 2.45) is 11.3 Å². The molecule has 4 rings (SSSR count). The van der Waals surface area contributed by atoms with Gasteiger partial charge < -0.3 is 10.1 Å². The minimum Gasteiger partial charge on any atom is -0.490 e. The first-order valence-corrected chi connectivity index (χ1v) is 12.6. The van der Waals surface area contributed by atoms with E-state index in [9.17, 15) is 4.79 Å². The van der Waals surface area contributed by atoms with Crippen LogP contribution in [0, 0.1) is 11.3 Å². The van der Waals surface area contributed by atoms with E-state index >= 15 is 0 Å². The molecule has 5 nitrogen and oxygen atoms in total. The smallest absolute Gasteiger partial charge is 0.225 e. The van der Waals surface area contributed by atoms with Crippen molar-refractivity contribution in [3.05, 3.63) is 59.9 Å². The van der Waals surface area contributed by atoms with Crippen LogP contribution < -0.4 is 10.1 Å². The van der Waals surface area contributed by atoms with Crippen LogP contribution >= 0.6 is 0 Å². The molecule has 2 aromatic rings. The highest BCUT2D eigenvalue weighted by atomic mass is 16.5. The molecule has 0 radical (unpaired) electrons. The van der Waals surface area contributed by atoms with E-state index in [1.165, 1.54) is 31.2 Å². The first kappa shape index (κ1) is 23.7. The number of nitrogens with one attached hydrogen (secondary N) is 1. The Balaban J connectivity index is 1.44. The lowest BCUT2D eigenvalue weighted by molar-refractivity contribution is -0.130. The topological polar surface area (TPSA) is 54.5 Å². The number of likely N-dealkylation sites (tertiary alicyclic amines) is 1. The number of ether oxygens (including phenoxy) is 1. The van der Waals surface area contributed by atoms with Crippen molar-refractivity contribution >= 4 is 5.91 Å². The van der Waals surface area contributed by atoms with Gasteiger partial charge in [-0.15, -0.1) is 0 Å². The number of carbonyl (C=O) groups is 1. The van der Waals surface area contributed by atoms with Crippen molar-refractivity contribution in [3.63, 3.8) is 0 Å². The Morgan fingerprint density at radius 3 is 2.67 bits per heavy atom. The van der Waals surface area contributed by atoms with Gasteiger partial charge in [0.1, 0.15) is 5.75 Å². The fourth-order valence-electron chi connectivity index (χ4n) is 5.03. The molecule has 2 aliphatic rings. The molecule has 1 aromatic carbocycles. The predicted octanol–water partition coefficient (Wildman–Crippen LogP) is 5.52. The van der Waals surface area contributed by atoms with Gasteiger partial charge in [0.2, 0.25) is 5.91 Å². The molecule has 1 saturated carbocycles. The minimum atomic E-state index is -0.429. The number of carbonyl (C=O) groups excluding carboxylic acids is 1. The molecule has 1 aromatic heterocycles. The van der Waals surface area contributed by atoms with E-state index in [0.29, 0.717) is 12.0 Å². The zero-order chi connectivity index (χ0) is 23.3. The number of nitrogens with zero attached hydrogens (tertiary/aromatic N) is 2. The molecule has 1 aliphatic heterocycles. The molecule has 0 spiro atoms. The second-order valence-corrected chi connectivity index (χ2v) is 10.8. The average Bonchev–Trinajstić information content (AvgIpc) is 3.31. The summed E-state index contributed by atoms with van der Waals surface area (Å²) in [6, 6.07) is 14.5. The van der Waals surface area contributed by atoms with Crippen molar-refractivity contribution in [3.8, 4) is 5.75 Å². The molecular weight excluding hydrogens is 410 g/mol. The second kappa shape index (κ2) is 10.7. The second-order valence-electron chi connectivity index (χ2n) is 10.8. The predicted molar refractivity (Wildman–Crippen MR) is 132 cm³/mol. The Labute approximate surface area is 198 Å². The third-order valence-electron chi connectivity index (χ3n) is 6.90. The van der Waals surface area contributed by atoms with Gasteiger partial charge in [0.05, 0.1) is 17.8 Å². The van der Waals surface area contributed by atoms with Gasteiger partial charge in [0.25, 0.3) is 0 Å². The maximum absolute atomic E-state index is 12.9. The summed E-state index contributed by atoms with van der Waals surface area (Å²) in [6.45, 7) is 8.81. The highest BCUT2D eigenvalue weighted by molar-refractivity contribution is 5.81. The molecule has 33 heavy (non-hydrogen) atoms. The van der Waals surface area contributed by atoms with Gasteiger partial charge in [0.15, 0.2) is 0 Å². The first-order valence-electron chi connectivity index (χ1n) is 12.6. The van der Waals surface area contributed by atoms with Crippen LogP contribution in [-0.2, 0) is 11.3 Å². The summed E-state index contributed by atoms with van der Waals surface area (Å²) >= 11 is 0. The lowest BCUT2D eigenvalue weighted by Crippen LogP contribution is -2.45. The van der Waals surface area contributed by atoms with E-state index < -0.39 is 5.41 Å². The fraction of sp³-hybridized carbons (Fsp3) is 0.571. The van der Waals surface area contributed by atoms with E-state index in [4.69, 9.17) is 4.74 Å². The Kier molecular flexibility index (Phi) is 7.69. The minimum absolute atomic E-state index is 0.0715. The summed E-state index contributed by atoms with van der Waals surface area (Å²) in [7, 11) is 0. The largest absolute Gasteiger partial charge is 0.490 e. The maximum Gasteiger partial charge on any atom is 0.225 e. The number of rotatable bonds is 7. The van der Waals surface area contributed by atoms with Crippen LogP contribution in [-0.4, -0.2) is 35.0 Å². The monoisotopic (exact) mass is 449 g/mol. The third-order valence-corrected chi connectivity index (χ3v) is 6.90. The normalized spacial score (nSPS) is 21.0. The van der Waals surface area contributed by atoms with E-state index in [0.717, 1.165) is 43.9 Å². The van der Waals surface area contributed by atoms with E-state index in [2.05, 4.69) is 39.5 Å².